The second-order valence-electron chi connectivity index (χ2n) is 7.28. The van der Waals surface area contributed by atoms with Crippen LogP contribution in [0.5, 0.6) is 0 Å². The topological polar surface area (TPSA) is 111 Å². The zero-order valence-corrected chi connectivity index (χ0v) is 17.8. The van der Waals surface area contributed by atoms with Crippen LogP contribution in [0, 0.1) is 13.8 Å². The average Bonchev–Trinajstić information content (AvgIpc) is 2.64. The molecule has 8 nitrogen and oxygen atoms in total. The van der Waals surface area contributed by atoms with Crippen LogP contribution in [0.4, 0.5) is 11.4 Å². The summed E-state index contributed by atoms with van der Waals surface area (Å²) >= 11 is 0. The zero-order chi connectivity index (χ0) is 22.1. The molecule has 1 fully saturated rings. The van der Waals surface area contributed by atoms with E-state index in [4.69, 9.17) is 9.47 Å². The molecule has 1 saturated heterocycles. The maximum absolute atomic E-state index is 12.7. The van der Waals surface area contributed by atoms with Crippen LogP contribution < -0.4 is 10.0 Å². The molecule has 0 amide bonds. The number of aryl methyl sites for hydroxylation is 2. The lowest BCUT2D eigenvalue weighted by Crippen LogP contribution is -2.42. The highest BCUT2D eigenvalue weighted by atomic mass is 32.2. The van der Waals surface area contributed by atoms with Crippen molar-refractivity contribution in [2.75, 3.05) is 10.0 Å². The quantitative estimate of drug-likeness (QED) is 0.426. The number of cyclic esters (lactones) is 2. The van der Waals surface area contributed by atoms with E-state index in [9.17, 15) is 18.0 Å². The van der Waals surface area contributed by atoms with Gasteiger partial charge < -0.3 is 14.8 Å². The van der Waals surface area contributed by atoms with Crippen molar-refractivity contribution in [3.05, 3.63) is 65.4 Å². The Hall–Kier alpha value is -3.33. The Balaban J connectivity index is 1.75. The summed E-state index contributed by atoms with van der Waals surface area (Å²) in [6.45, 7) is 6.57. The van der Waals surface area contributed by atoms with Gasteiger partial charge in [-0.05, 0) is 49.2 Å². The number of anilines is 2. The highest BCUT2D eigenvalue weighted by Gasteiger charge is 2.38. The van der Waals surface area contributed by atoms with Crippen molar-refractivity contribution in [2.45, 2.75) is 38.4 Å². The molecule has 0 radical (unpaired) electrons. The third-order valence-electron chi connectivity index (χ3n) is 4.38. The van der Waals surface area contributed by atoms with Crippen LogP contribution in [0.2, 0.25) is 0 Å². The van der Waals surface area contributed by atoms with Gasteiger partial charge in [-0.3, -0.25) is 4.72 Å². The number of para-hydroxylation sites is 1. The van der Waals surface area contributed by atoms with Crippen molar-refractivity contribution in [3.63, 3.8) is 0 Å². The number of rotatable bonds is 5. The number of sulfonamides is 1. The van der Waals surface area contributed by atoms with Crippen molar-refractivity contribution in [1.82, 2.24) is 0 Å². The molecular weight excluding hydrogens is 408 g/mol. The van der Waals surface area contributed by atoms with Gasteiger partial charge in [-0.25, -0.2) is 18.0 Å². The van der Waals surface area contributed by atoms with Crippen LogP contribution in [-0.4, -0.2) is 26.1 Å². The Bertz CT molecular complexity index is 1090. The van der Waals surface area contributed by atoms with Crippen LogP contribution in [-0.2, 0) is 29.1 Å². The molecular formula is C21H22N2O6S. The third-order valence-corrected chi connectivity index (χ3v) is 5.75. The Morgan fingerprint density at radius 3 is 1.97 bits per heavy atom. The Kier molecular flexibility index (Phi) is 5.58. The van der Waals surface area contributed by atoms with Gasteiger partial charge in [0.05, 0.1) is 10.6 Å². The van der Waals surface area contributed by atoms with Gasteiger partial charge in [-0.1, -0.05) is 18.2 Å². The molecule has 0 unspecified atom stereocenters. The lowest BCUT2D eigenvalue weighted by molar-refractivity contribution is -0.222. The molecule has 3 rings (SSSR count). The summed E-state index contributed by atoms with van der Waals surface area (Å²) in [5, 5.41) is 2.77. The van der Waals surface area contributed by atoms with Crippen molar-refractivity contribution in [2.24, 2.45) is 0 Å². The first-order valence-corrected chi connectivity index (χ1v) is 10.6. The molecule has 9 heteroatoms. The fraction of sp³-hybridized carbons (Fsp3) is 0.238. The summed E-state index contributed by atoms with van der Waals surface area (Å²) in [5.74, 6) is -2.93. The number of benzene rings is 2. The number of hydrogen-bond donors (Lipinski definition) is 2. The molecule has 0 saturated carbocycles. The van der Waals surface area contributed by atoms with Crippen molar-refractivity contribution in [1.29, 1.82) is 0 Å². The fourth-order valence-electron chi connectivity index (χ4n) is 2.83. The van der Waals surface area contributed by atoms with E-state index < -0.39 is 27.7 Å². The third kappa shape index (κ3) is 4.62. The summed E-state index contributed by atoms with van der Waals surface area (Å²) < 4.78 is 38.0. The molecule has 30 heavy (non-hydrogen) atoms. The largest absolute Gasteiger partial charge is 0.419 e. The second-order valence-corrected chi connectivity index (χ2v) is 8.96. The van der Waals surface area contributed by atoms with Crippen LogP contribution in [0.15, 0.2) is 59.1 Å². The van der Waals surface area contributed by atoms with Crippen molar-refractivity contribution < 1.29 is 27.5 Å². The standard InChI is InChI=1S/C21H22N2O6S/c1-13-6-5-7-14(2)18(13)23-30(26,27)16-10-8-15(9-11-16)22-12-17-19(24)28-21(3,4)29-20(17)25/h5-12,22-23H,1-4H3. The first-order valence-electron chi connectivity index (χ1n) is 9.11. The summed E-state index contributed by atoms with van der Waals surface area (Å²) in [4.78, 5) is 23.9. The van der Waals surface area contributed by atoms with Crippen molar-refractivity contribution >= 4 is 33.3 Å². The smallest absolute Gasteiger partial charge is 0.350 e. The van der Waals surface area contributed by atoms with Gasteiger partial charge >= 0.3 is 11.9 Å². The zero-order valence-electron chi connectivity index (χ0n) is 17.0. The molecule has 1 heterocycles. The lowest BCUT2D eigenvalue weighted by Gasteiger charge is -2.29. The number of hydrogen-bond acceptors (Lipinski definition) is 7. The number of ether oxygens (including phenoxy) is 2. The number of esters is 2. The summed E-state index contributed by atoms with van der Waals surface area (Å²) in [6.07, 6.45) is 1.17. The van der Waals surface area contributed by atoms with Crippen LogP contribution >= 0.6 is 0 Å². The molecule has 0 spiro atoms. The first kappa shape index (κ1) is 21.4. The van der Waals surface area contributed by atoms with E-state index in [0.29, 0.717) is 11.4 Å². The number of carbonyl (C=O) groups excluding carboxylic acids is 2. The van der Waals surface area contributed by atoms with E-state index in [2.05, 4.69) is 10.0 Å². The molecule has 1 aliphatic heterocycles. The van der Waals surface area contributed by atoms with Crippen LogP contribution in [0.3, 0.4) is 0 Å². The molecule has 2 N–H and O–H groups in total. The Morgan fingerprint density at radius 2 is 1.43 bits per heavy atom. The van der Waals surface area contributed by atoms with Gasteiger partial charge in [0.25, 0.3) is 15.8 Å². The minimum absolute atomic E-state index is 0.0709. The highest BCUT2D eigenvalue weighted by Crippen LogP contribution is 2.25. The van der Waals surface area contributed by atoms with Gasteiger partial charge in [0.15, 0.2) is 5.57 Å². The monoisotopic (exact) mass is 430 g/mol. The van der Waals surface area contributed by atoms with Gasteiger partial charge in [0.1, 0.15) is 0 Å². The lowest BCUT2D eigenvalue weighted by atomic mass is 10.1. The molecule has 0 bridgehead atoms. The van der Waals surface area contributed by atoms with E-state index >= 15 is 0 Å². The number of nitrogens with one attached hydrogen (secondary N) is 2. The van der Waals surface area contributed by atoms with Crippen LogP contribution in [0.1, 0.15) is 25.0 Å². The predicted octanol–water partition coefficient (Wildman–Crippen LogP) is 3.24. The fourth-order valence-corrected chi connectivity index (χ4v) is 4.04. The first-order chi connectivity index (χ1) is 14.0. The Labute approximate surface area is 174 Å². The van der Waals surface area contributed by atoms with E-state index in [1.54, 1.807) is 0 Å². The Morgan fingerprint density at radius 1 is 0.900 bits per heavy atom. The maximum Gasteiger partial charge on any atom is 0.350 e. The van der Waals surface area contributed by atoms with Crippen LogP contribution in [0.25, 0.3) is 0 Å². The SMILES string of the molecule is Cc1cccc(C)c1NS(=O)(=O)c1ccc(NC=C2C(=O)OC(C)(C)OC2=O)cc1. The molecule has 0 aliphatic carbocycles. The molecule has 0 aromatic heterocycles. The minimum Gasteiger partial charge on any atom is -0.419 e. The number of carbonyl (C=O) groups is 2. The molecule has 0 atom stereocenters. The average molecular weight is 430 g/mol. The minimum atomic E-state index is -3.78. The molecule has 158 valence electrons. The maximum atomic E-state index is 12.7. The summed E-state index contributed by atoms with van der Waals surface area (Å²) in [6, 6.07) is 11.4. The highest BCUT2D eigenvalue weighted by molar-refractivity contribution is 7.92. The van der Waals surface area contributed by atoms with Crippen molar-refractivity contribution in [3.8, 4) is 0 Å². The molecule has 1 aliphatic rings. The van der Waals surface area contributed by atoms with E-state index in [1.807, 2.05) is 32.0 Å². The van der Waals surface area contributed by atoms with Gasteiger partial charge in [0, 0.05) is 25.7 Å². The summed E-state index contributed by atoms with van der Waals surface area (Å²) in [5.41, 5.74) is 2.36. The van der Waals surface area contributed by atoms with E-state index in [1.165, 1.54) is 44.3 Å². The molecule has 2 aromatic rings. The second kappa shape index (κ2) is 7.83. The predicted molar refractivity (Wildman–Crippen MR) is 111 cm³/mol. The van der Waals surface area contributed by atoms with Gasteiger partial charge in [0.2, 0.25) is 0 Å². The normalized spacial score (nSPS) is 15.8. The van der Waals surface area contributed by atoms with Gasteiger partial charge in [-0.15, -0.1) is 0 Å². The molecule has 2 aromatic carbocycles. The van der Waals surface area contributed by atoms with Gasteiger partial charge in [-0.2, -0.15) is 0 Å². The van der Waals surface area contributed by atoms with E-state index in [0.717, 1.165) is 11.1 Å². The van der Waals surface area contributed by atoms with E-state index in [-0.39, 0.29) is 10.5 Å². The summed E-state index contributed by atoms with van der Waals surface area (Å²) in [7, 11) is -3.78.